The molecule has 3 rings (SSSR count). The minimum atomic E-state index is 0.144. The van der Waals surface area contributed by atoms with E-state index in [9.17, 15) is 0 Å². The summed E-state index contributed by atoms with van der Waals surface area (Å²) in [6, 6.07) is 18.1. The second-order valence-corrected chi connectivity index (χ2v) is 6.67. The summed E-state index contributed by atoms with van der Waals surface area (Å²) in [6.07, 6.45) is 1.08. The summed E-state index contributed by atoms with van der Waals surface area (Å²) in [6.45, 7) is 17.5. The highest BCUT2D eigenvalue weighted by Gasteiger charge is 2.44. The highest BCUT2D eigenvalue weighted by atomic mass is 14.5. The number of rotatable bonds is 2. The molecule has 1 aliphatic rings. The molecule has 1 aliphatic carbocycles. The van der Waals surface area contributed by atoms with Crippen molar-refractivity contribution in [1.29, 1.82) is 0 Å². The minimum absolute atomic E-state index is 0.144. The van der Waals surface area contributed by atoms with Gasteiger partial charge in [-0.05, 0) is 40.5 Å². The molecular weight excluding hydrogens is 288 g/mol. The van der Waals surface area contributed by atoms with E-state index in [1.807, 2.05) is 27.7 Å². The summed E-state index contributed by atoms with van der Waals surface area (Å²) >= 11 is 0. The van der Waals surface area contributed by atoms with Crippen LogP contribution in [-0.4, -0.2) is 0 Å². The van der Waals surface area contributed by atoms with Crippen LogP contribution in [0, 0.1) is 11.8 Å². The Bertz CT molecular complexity index is 564. The van der Waals surface area contributed by atoms with Crippen LogP contribution in [0.25, 0.3) is 0 Å². The van der Waals surface area contributed by atoms with Crippen LogP contribution in [0.2, 0.25) is 0 Å². The Balaban J connectivity index is 0.000000671. The van der Waals surface area contributed by atoms with E-state index in [0.717, 1.165) is 6.42 Å². The van der Waals surface area contributed by atoms with Crippen LogP contribution in [0.1, 0.15) is 77.6 Å². The first-order valence-electron chi connectivity index (χ1n) is 9.75. The zero-order chi connectivity index (χ0) is 18.3. The fraction of sp³-hybridized carbons (Fsp3) is 0.500. The molecule has 0 amide bonds. The molecule has 0 fully saturated rings. The normalized spacial score (nSPS) is 13.9. The van der Waals surface area contributed by atoms with Crippen molar-refractivity contribution >= 4 is 0 Å². The van der Waals surface area contributed by atoms with Crippen molar-refractivity contribution in [1.82, 2.24) is 0 Å². The van der Waals surface area contributed by atoms with Gasteiger partial charge in [0.15, 0.2) is 0 Å². The van der Waals surface area contributed by atoms with Crippen LogP contribution < -0.4 is 0 Å². The smallest absolute Gasteiger partial charge is 0.0254 e. The maximum absolute atomic E-state index is 2.37. The van der Waals surface area contributed by atoms with Gasteiger partial charge in [0, 0.05) is 5.41 Å². The van der Waals surface area contributed by atoms with Gasteiger partial charge >= 0.3 is 0 Å². The lowest BCUT2D eigenvalue weighted by Gasteiger charge is -2.47. The first kappa shape index (κ1) is 20.5. The van der Waals surface area contributed by atoms with Gasteiger partial charge in [0.25, 0.3) is 0 Å². The zero-order valence-electron chi connectivity index (χ0n) is 17.0. The Morgan fingerprint density at radius 3 is 1.29 bits per heavy atom. The van der Waals surface area contributed by atoms with Crippen LogP contribution in [0.3, 0.4) is 0 Å². The van der Waals surface area contributed by atoms with Crippen LogP contribution in [-0.2, 0) is 11.8 Å². The van der Waals surface area contributed by atoms with Gasteiger partial charge in [-0.1, -0.05) is 104 Å². The zero-order valence-corrected chi connectivity index (χ0v) is 17.0. The van der Waals surface area contributed by atoms with E-state index in [1.54, 1.807) is 11.1 Å². The first-order chi connectivity index (χ1) is 11.6. The molecule has 0 aliphatic heterocycles. The Morgan fingerprint density at radius 1 is 0.625 bits per heavy atom. The largest absolute Gasteiger partial charge is 0.0683 e. The van der Waals surface area contributed by atoms with Crippen molar-refractivity contribution in [3.05, 3.63) is 70.8 Å². The van der Waals surface area contributed by atoms with Crippen molar-refractivity contribution in [3.8, 4) is 0 Å². The predicted molar refractivity (Wildman–Crippen MR) is 109 cm³/mol. The van der Waals surface area contributed by atoms with E-state index in [1.165, 1.54) is 11.1 Å². The topological polar surface area (TPSA) is 0 Å². The highest BCUT2D eigenvalue weighted by Crippen LogP contribution is 2.50. The number of benzene rings is 2. The SMILES string of the molecule is CC.CC.CC(C)C1(C(C)C)c2ccccc2Cc2ccccc21. The Labute approximate surface area is 150 Å². The summed E-state index contributed by atoms with van der Waals surface area (Å²) in [4.78, 5) is 0. The maximum Gasteiger partial charge on any atom is 0.0254 e. The summed E-state index contributed by atoms with van der Waals surface area (Å²) in [5.74, 6) is 1.18. The quantitative estimate of drug-likeness (QED) is 0.546. The van der Waals surface area contributed by atoms with Gasteiger partial charge in [0.2, 0.25) is 0 Å². The average molecular weight is 325 g/mol. The van der Waals surface area contributed by atoms with E-state index in [-0.39, 0.29) is 5.41 Å². The van der Waals surface area contributed by atoms with Crippen LogP contribution in [0.5, 0.6) is 0 Å². The maximum atomic E-state index is 2.37. The predicted octanol–water partition coefficient (Wildman–Crippen LogP) is 7.24. The van der Waals surface area contributed by atoms with E-state index >= 15 is 0 Å². The molecule has 2 aromatic rings. The van der Waals surface area contributed by atoms with Gasteiger partial charge in [0.1, 0.15) is 0 Å². The summed E-state index contributed by atoms with van der Waals surface area (Å²) in [5.41, 5.74) is 6.25. The third-order valence-electron chi connectivity index (χ3n) is 5.13. The molecule has 0 saturated carbocycles. The molecule has 0 saturated heterocycles. The van der Waals surface area contributed by atoms with Crippen molar-refractivity contribution in [2.24, 2.45) is 11.8 Å². The van der Waals surface area contributed by atoms with Gasteiger partial charge in [-0.25, -0.2) is 0 Å². The molecule has 0 heteroatoms. The van der Waals surface area contributed by atoms with E-state index in [4.69, 9.17) is 0 Å². The summed E-state index contributed by atoms with van der Waals surface area (Å²) < 4.78 is 0. The third kappa shape index (κ3) is 3.29. The lowest BCUT2D eigenvalue weighted by atomic mass is 9.56. The van der Waals surface area contributed by atoms with Crippen LogP contribution in [0.15, 0.2) is 48.5 Å². The molecule has 0 nitrogen and oxygen atoms in total. The number of fused-ring (bicyclic) bond motifs is 2. The Morgan fingerprint density at radius 2 is 0.958 bits per heavy atom. The lowest BCUT2D eigenvalue weighted by Crippen LogP contribution is -2.42. The van der Waals surface area contributed by atoms with Crippen molar-refractivity contribution in [2.75, 3.05) is 0 Å². The van der Waals surface area contributed by atoms with Gasteiger partial charge in [0.05, 0.1) is 0 Å². The van der Waals surface area contributed by atoms with Gasteiger partial charge in [-0.2, -0.15) is 0 Å². The molecule has 0 atom stereocenters. The third-order valence-corrected chi connectivity index (χ3v) is 5.13. The van der Waals surface area contributed by atoms with Gasteiger partial charge in [-0.3, -0.25) is 0 Å². The van der Waals surface area contributed by atoms with Gasteiger partial charge in [-0.15, -0.1) is 0 Å². The number of hydrogen-bond acceptors (Lipinski definition) is 0. The monoisotopic (exact) mass is 324 g/mol. The molecule has 0 radical (unpaired) electrons. The molecule has 0 heterocycles. The fourth-order valence-corrected chi connectivity index (χ4v) is 4.42. The summed E-state index contributed by atoms with van der Waals surface area (Å²) in [7, 11) is 0. The fourth-order valence-electron chi connectivity index (χ4n) is 4.42. The van der Waals surface area contributed by atoms with Crippen LogP contribution >= 0.6 is 0 Å². The molecule has 0 bridgehead atoms. The highest BCUT2D eigenvalue weighted by molar-refractivity contribution is 5.54. The van der Waals surface area contributed by atoms with Crippen LogP contribution in [0.4, 0.5) is 0 Å². The standard InChI is InChI=1S/C20H24.2C2H6/c1-14(2)20(15(3)4)18-11-7-5-9-16(18)13-17-10-6-8-12-19(17)20;2*1-2/h5-12,14-15H,13H2,1-4H3;2*1-2H3. The molecule has 0 aromatic heterocycles. The van der Waals surface area contributed by atoms with E-state index in [0.29, 0.717) is 11.8 Å². The van der Waals surface area contributed by atoms with Crippen molar-refractivity contribution in [3.63, 3.8) is 0 Å². The Hall–Kier alpha value is -1.56. The second-order valence-electron chi connectivity index (χ2n) is 6.67. The summed E-state index contributed by atoms with van der Waals surface area (Å²) in [5, 5.41) is 0. The molecule has 132 valence electrons. The lowest BCUT2D eigenvalue weighted by molar-refractivity contribution is 0.266. The minimum Gasteiger partial charge on any atom is -0.0683 e. The van der Waals surface area contributed by atoms with Crippen molar-refractivity contribution in [2.45, 2.75) is 67.2 Å². The Kier molecular flexibility index (Phi) is 7.73. The van der Waals surface area contributed by atoms with Gasteiger partial charge < -0.3 is 0 Å². The molecule has 24 heavy (non-hydrogen) atoms. The molecule has 0 unspecified atom stereocenters. The first-order valence-corrected chi connectivity index (χ1v) is 9.75. The van der Waals surface area contributed by atoms with E-state index in [2.05, 4.69) is 76.2 Å². The molecule has 0 N–H and O–H groups in total. The second kappa shape index (κ2) is 9.06. The number of hydrogen-bond donors (Lipinski definition) is 0. The molecular formula is C24H36. The molecule has 0 spiro atoms. The van der Waals surface area contributed by atoms with Crippen molar-refractivity contribution < 1.29 is 0 Å². The van der Waals surface area contributed by atoms with E-state index < -0.39 is 0 Å². The molecule has 2 aromatic carbocycles. The average Bonchev–Trinajstić information content (AvgIpc) is 2.62.